The van der Waals surface area contributed by atoms with Crippen LogP contribution in [-0.4, -0.2) is 48.5 Å². The van der Waals surface area contributed by atoms with Crippen molar-refractivity contribution in [2.45, 2.75) is 12.6 Å². The average molecular weight is 473 g/mol. The van der Waals surface area contributed by atoms with Crippen LogP contribution in [0.15, 0.2) is 60.7 Å². The van der Waals surface area contributed by atoms with E-state index in [1.54, 1.807) is 53.4 Å². The molecule has 2 aliphatic heterocycles. The molecule has 5 rings (SSSR count). The van der Waals surface area contributed by atoms with E-state index in [0.29, 0.717) is 39.6 Å². The molecule has 3 aromatic rings. The molecule has 2 heterocycles. The third-order valence-electron chi connectivity index (χ3n) is 6.21. The number of fused-ring (bicyclic) bond motifs is 5. The van der Waals surface area contributed by atoms with Crippen molar-refractivity contribution in [3.63, 3.8) is 0 Å². The van der Waals surface area contributed by atoms with Gasteiger partial charge in [0.2, 0.25) is 5.91 Å². The molecule has 0 radical (unpaired) electrons. The Morgan fingerprint density at radius 2 is 1.71 bits per heavy atom. The molecule has 3 aromatic carbocycles. The lowest BCUT2D eigenvalue weighted by Crippen LogP contribution is -2.49. The van der Waals surface area contributed by atoms with Gasteiger partial charge in [-0.25, -0.2) is 0 Å². The third kappa shape index (κ3) is 3.61. The van der Waals surface area contributed by atoms with Gasteiger partial charge in [0, 0.05) is 24.2 Å². The standard InChI is InChI=1S/C26H23N3O6/c1-34-20-12-11-18-22(23(20)35-2)26(33)29-19-6-4-3-5-17(19)25(32)28(24(18)29)14-13-21(31)27-15-7-9-16(30)10-8-15/h3-12,24,30H,13-14H2,1-2H3,(H,27,31)/t24-/m1/s1. The fourth-order valence-electron chi connectivity index (χ4n) is 4.64. The van der Waals surface area contributed by atoms with Gasteiger partial charge in [-0.05, 0) is 42.5 Å². The fraction of sp³-hybridized carbons (Fsp3) is 0.192. The number of aromatic hydroxyl groups is 1. The topological polar surface area (TPSA) is 108 Å². The van der Waals surface area contributed by atoms with Crippen molar-refractivity contribution < 1.29 is 29.0 Å². The van der Waals surface area contributed by atoms with E-state index < -0.39 is 6.17 Å². The summed E-state index contributed by atoms with van der Waals surface area (Å²) in [5.74, 6) is -0.0600. The largest absolute Gasteiger partial charge is 0.508 e. The molecule has 2 N–H and O–H groups in total. The number of carbonyl (C=O) groups excluding carboxylic acids is 3. The van der Waals surface area contributed by atoms with Crippen LogP contribution in [0.5, 0.6) is 17.2 Å². The number of methoxy groups -OCH3 is 2. The maximum atomic E-state index is 13.7. The van der Waals surface area contributed by atoms with Crippen LogP contribution in [0.2, 0.25) is 0 Å². The quantitative estimate of drug-likeness (QED) is 0.530. The molecular formula is C26H23N3O6. The average Bonchev–Trinajstić information content (AvgIpc) is 3.17. The van der Waals surface area contributed by atoms with Gasteiger partial charge in [0.25, 0.3) is 11.8 Å². The molecular weight excluding hydrogens is 450 g/mol. The number of carbonyl (C=O) groups is 3. The first kappa shape index (κ1) is 22.3. The van der Waals surface area contributed by atoms with Gasteiger partial charge in [-0.3, -0.25) is 19.3 Å². The number of hydrogen-bond donors (Lipinski definition) is 2. The Balaban J connectivity index is 1.50. The van der Waals surface area contributed by atoms with Crippen molar-refractivity contribution in [3.05, 3.63) is 77.4 Å². The lowest BCUT2D eigenvalue weighted by Gasteiger charge is -2.40. The Morgan fingerprint density at radius 3 is 2.43 bits per heavy atom. The summed E-state index contributed by atoms with van der Waals surface area (Å²) in [7, 11) is 2.96. The molecule has 2 aliphatic rings. The van der Waals surface area contributed by atoms with Crippen LogP contribution in [-0.2, 0) is 4.79 Å². The number of nitrogens with zero attached hydrogens (tertiary/aromatic N) is 2. The smallest absolute Gasteiger partial charge is 0.264 e. The summed E-state index contributed by atoms with van der Waals surface area (Å²) in [6.45, 7) is 0.0827. The lowest BCUT2D eigenvalue weighted by atomic mass is 10.0. The summed E-state index contributed by atoms with van der Waals surface area (Å²) in [5.41, 5.74) is 2.36. The molecule has 0 unspecified atom stereocenters. The molecule has 35 heavy (non-hydrogen) atoms. The minimum absolute atomic E-state index is 0.00986. The zero-order valence-electron chi connectivity index (χ0n) is 19.1. The molecule has 0 spiro atoms. The van der Waals surface area contributed by atoms with Crippen LogP contribution in [0.1, 0.15) is 38.9 Å². The number of ether oxygens (including phenoxy) is 2. The maximum absolute atomic E-state index is 13.7. The van der Waals surface area contributed by atoms with Gasteiger partial charge in [-0.15, -0.1) is 0 Å². The first-order valence-electron chi connectivity index (χ1n) is 11.0. The number of nitrogens with one attached hydrogen (secondary N) is 1. The Kier molecular flexibility index (Phi) is 5.52. The molecule has 9 heteroatoms. The van der Waals surface area contributed by atoms with Crippen molar-refractivity contribution in [2.24, 2.45) is 0 Å². The van der Waals surface area contributed by atoms with Gasteiger partial charge in [0.15, 0.2) is 11.5 Å². The normalized spacial score (nSPS) is 15.9. The molecule has 9 nitrogen and oxygen atoms in total. The van der Waals surface area contributed by atoms with E-state index in [4.69, 9.17) is 9.47 Å². The highest BCUT2D eigenvalue weighted by Crippen LogP contribution is 2.49. The first-order valence-corrected chi connectivity index (χ1v) is 11.0. The van der Waals surface area contributed by atoms with E-state index in [9.17, 15) is 19.5 Å². The summed E-state index contributed by atoms with van der Waals surface area (Å²) in [4.78, 5) is 42.9. The molecule has 0 aliphatic carbocycles. The number of amides is 3. The van der Waals surface area contributed by atoms with Crippen LogP contribution in [0.25, 0.3) is 0 Å². The van der Waals surface area contributed by atoms with Crippen molar-refractivity contribution in [2.75, 3.05) is 31.0 Å². The van der Waals surface area contributed by atoms with Gasteiger partial charge < -0.3 is 24.8 Å². The zero-order valence-corrected chi connectivity index (χ0v) is 19.1. The summed E-state index contributed by atoms with van der Waals surface area (Å²) in [6.07, 6.45) is -0.711. The van der Waals surface area contributed by atoms with Gasteiger partial charge in [0.05, 0.1) is 31.0 Å². The van der Waals surface area contributed by atoms with E-state index in [2.05, 4.69) is 5.32 Å². The predicted octanol–water partition coefficient (Wildman–Crippen LogP) is 3.55. The molecule has 3 amide bonds. The minimum Gasteiger partial charge on any atom is -0.508 e. The third-order valence-corrected chi connectivity index (χ3v) is 6.21. The SMILES string of the molecule is COc1ccc2c(c1OC)C(=O)N1c3ccccc3C(=O)N(CCC(=O)Nc3ccc(O)cc3)[C@@H]21. The number of anilines is 2. The van der Waals surface area contributed by atoms with Crippen molar-refractivity contribution in [1.82, 2.24) is 4.90 Å². The molecule has 1 atom stereocenters. The van der Waals surface area contributed by atoms with Crippen molar-refractivity contribution in [3.8, 4) is 17.2 Å². The summed E-state index contributed by atoms with van der Waals surface area (Å²) in [5, 5.41) is 12.2. The van der Waals surface area contributed by atoms with Crippen LogP contribution in [0, 0.1) is 0 Å². The predicted molar refractivity (Wildman–Crippen MR) is 128 cm³/mol. The second kappa shape index (κ2) is 8.68. The number of hydrogen-bond acceptors (Lipinski definition) is 6. The monoisotopic (exact) mass is 473 g/mol. The minimum atomic E-state index is -0.721. The molecule has 0 saturated carbocycles. The Labute approximate surface area is 201 Å². The number of rotatable bonds is 6. The van der Waals surface area contributed by atoms with E-state index in [0.717, 1.165) is 0 Å². The highest BCUT2D eigenvalue weighted by Gasteiger charge is 2.49. The summed E-state index contributed by atoms with van der Waals surface area (Å²) < 4.78 is 10.9. The highest BCUT2D eigenvalue weighted by atomic mass is 16.5. The second-order valence-electron chi connectivity index (χ2n) is 8.17. The van der Waals surface area contributed by atoms with Crippen LogP contribution in [0.3, 0.4) is 0 Å². The molecule has 0 bridgehead atoms. The van der Waals surface area contributed by atoms with Crippen LogP contribution in [0.4, 0.5) is 11.4 Å². The number of phenols is 1. The molecule has 0 fully saturated rings. The van der Waals surface area contributed by atoms with Gasteiger partial charge in [0.1, 0.15) is 11.9 Å². The van der Waals surface area contributed by atoms with Crippen molar-refractivity contribution in [1.29, 1.82) is 0 Å². The van der Waals surface area contributed by atoms with E-state index >= 15 is 0 Å². The highest BCUT2D eigenvalue weighted by molar-refractivity contribution is 6.18. The van der Waals surface area contributed by atoms with E-state index in [1.165, 1.54) is 31.3 Å². The molecule has 0 saturated heterocycles. The number of phenolic OH excluding ortho intramolecular Hbond substituents is 1. The van der Waals surface area contributed by atoms with E-state index in [1.807, 2.05) is 0 Å². The Bertz CT molecular complexity index is 1340. The van der Waals surface area contributed by atoms with Gasteiger partial charge in [-0.2, -0.15) is 0 Å². The number of benzene rings is 3. The van der Waals surface area contributed by atoms with E-state index in [-0.39, 0.29) is 36.4 Å². The van der Waals surface area contributed by atoms with Crippen LogP contribution < -0.4 is 19.7 Å². The molecule has 178 valence electrons. The summed E-state index contributed by atoms with van der Waals surface area (Å²) in [6, 6.07) is 16.5. The lowest BCUT2D eigenvalue weighted by molar-refractivity contribution is -0.116. The van der Waals surface area contributed by atoms with Crippen molar-refractivity contribution >= 4 is 29.1 Å². The zero-order chi connectivity index (χ0) is 24.7. The Hall–Kier alpha value is -4.53. The second-order valence-corrected chi connectivity index (χ2v) is 8.17. The van der Waals surface area contributed by atoms with Crippen LogP contribution >= 0.6 is 0 Å². The fourth-order valence-corrected chi connectivity index (χ4v) is 4.64. The number of para-hydroxylation sites is 1. The Morgan fingerprint density at radius 1 is 0.971 bits per heavy atom. The van der Waals surface area contributed by atoms with Gasteiger partial charge >= 0.3 is 0 Å². The maximum Gasteiger partial charge on any atom is 0.264 e. The first-order chi connectivity index (χ1) is 16.9. The summed E-state index contributed by atoms with van der Waals surface area (Å²) >= 11 is 0. The molecule has 0 aromatic heterocycles. The van der Waals surface area contributed by atoms with Gasteiger partial charge in [-0.1, -0.05) is 18.2 Å².